The molecule has 1 aromatic carbocycles. The number of nitrogen functional groups attached to an aromatic ring is 1. The minimum Gasteiger partial charge on any atom is -0.383 e. The van der Waals surface area contributed by atoms with E-state index in [-0.39, 0.29) is 21.4 Å². The van der Waals surface area contributed by atoms with Gasteiger partial charge in [-0.05, 0) is 40.2 Å². The zero-order valence-electron chi connectivity index (χ0n) is 9.77. The molecule has 3 N–H and O–H groups in total. The first-order chi connectivity index (χ1) is 9.29. The summed E-state index contributed by atoms with van der Waals surface area (Å²) in [6.45, 7) is 0. The maximum Gasteiger partial charge on any atom is 0.265 e. The highest BCUT2D eigenvalue weighted by molar-refractivity contribution is 9.10. The second kappa shape index (κ2) is 5.77. The first-order valence-electron chi connectivity index (χ1n) is 5.18. The van der Waals surface area contributed by atoms with E-state index in [0.29, 0.717) is 9.50 Å². The lowest BCUT2D eigenvalue weighted by molar-refractivity contribution is 0.601. The molecule has 0 atom stereocenters. The number of aromatic nitrogens is 1. The summed E-state index contributed by atoms with van der Waals surface area (Å²) in [6, 6.07) is 5.75. The van der Waals surface area contributed by atoms with Gasteiger partial charge in [-0.15, -0.1) is 0 Å². The summed E-state index contributed by atoms with van der Waals surface area (Å²) < 4.78 is 27.3. The van der Waals surface area contributed by atoms with Gasteiger partial charge < -0.3 is 5.73 Å². The van der Waals surface area contributed by atoms with Gasteiger partial charge in [-0.1, -0.05) is 23.2 Å². The van der Waals surface area contributed by atoms with Gasteiger partial charge in [-0.3, -0.25) is 4.72 Å². The summed E-state index contributed by atoms with van der Waals surface area (Å²) in [6.07, 6.45) is 1.41. The molecule has 5 nitrogen and oxygen atoms in total. The summed E-state index contributed by atoms with van der Waals surface area (Å²) in [5, 5.41) is 0.574. The number of hydrogen-bond donors (Lipinski definition) is 2. The van der Waals surface area contributed by atoms with Gasteiger partial charge in [0.25, 0.3) is 10.0 Å². The zero-order valence-corrected chi connectivity index (χ0v) is 13.7. The summed E-state index contributed by atoms with van der Waals surface area (Å²) in [7, 11) is -3.87. The van der Waals surface area contributed by atoms with E-state index < -0.39 is 10.0 Å². The Morgan fingerprint density at radius 2 is 1.90 bits per heavy atom. The molecule has 0 aliphatic heterocycles. The molecule has 0 amide bonds. The van der Waals surface area contributed by atoms with E-state index >= 15 is 0 Å². The van der Waals surface area contributed by atoms with Crippen molar-refractivity contribution in [2.75, 3.05) is 10.5 Å². The molecule has 2 rings (SSSR count). The van der Waals surface area contributed by atoms with Crippen LogP contribution in [0.2, 0.25) is 10.0 Å². The van der Waals surface area contributed by atoms with E-state index in [4.69, 9.17) is 28.9 Å². The molecule has 0 unspecified atom stereocenters. The third-order valence-corrected chi connectivity index (χ3v) is 4.89. The number of sulfonamides is 1. The second-order valence-corrected chi connectivity index (χ2v) is 7.15. The van der Waals surface area contributed by atoms with Crippen molar-refractivity contribution >= 4 is 60.7 Å². The van der Waals surface area contributed by atoms with Crippen LogP contribution in [0.3, 0.4) is 0 Å². The van der Waals surface area contributed by atoms with Gasteiger partial charge in [0.15, 0.2) is 0 Å². The number of nitrogens with one attached hydrogen (secondary N) is 1. The number of hydrogen-bond acceptors (Lipinski definition) is 4. The Kier molecular flexibility index (Phi) is 4.43. The highest BCUT2D eigenvalue weighted by atomic mass is 79.9. The van der Waals surface area contributed by atoms with Crippen LogP contribution < -0.4 is 10.5 Å². The van der Waals surface area contributed by atoms with Crippen molar-refractivity contribution in [2.24, 2.45) is 0 Å². The minimum absolute atomic E-state index is 0.0965. The van der Waals surface area contributed by atoms with Crippen molar-refractivity contribution in [1.82, 2.24) is 4.98 Å². The van der Waals surface area contributed by atoms with E-state index in [2.05, 4.69) is 25.6 Å². The Morgan fingerprint density at radius 3 is 2.55 bits per heavy atom. The van der Waals surface area contributed by atoms with Crippen LogP contribution in [0.15, 0.2) is 39.8 Å². The van der Waals surface area contributed by atoms with Crippen LogP contribution in [0.5, 0.6) is 0 Å². The Hall–Kier alpha value is -1.02. The van der Waals surface area contributed by atoms with E-state index in [1.54, 1.807) is 0 Å². The Bertz CT molecular complexity index is 768. The van der Waals surface area contributed by atoms with Crippen LogP contribution in [-0.4, -0.2) is 13.4 Å². The van der Waals surface area contributed by atoms with Gasteiger partial charge in [0.1, 0.15) is 10.7 Å². The molecule has 0 aliphatic rings. The summed E-state index contributed by atoms with van der Waals surface area (Å²) in [4.78, 5) is 3.66. The standard InChI is InChI=1S/C11H8BrCl2N3O2S/c12-6-3-10(11(15)16-5-6)20(18,19)17-7-1-2-8(13)9(14)4-7/h1-5,17H,(H2,15,16). The highest BCUT2D eigenvalue weighted by Crippen LogP contribution is 2.28. The van der Waals surface area contributed by atoms with Crippen LogP contribution in [0.25, 0.3) is 0 Å². The Morgan fingerprint density at radius 1 is 1.20 bits per heavy atom. The van der Waals surface area contributed by atoms with Gasteiger partial charge in [0.2, 0.25) is 0 Å². The summed E-state index contributed by atoms with van der Waals surface area (Å²) in [5.74, 6) is -0.0965. The molecule has 0 spiro atoms. The molecule has 0 aliphatic carbocycles. The third-order valence-electron chi connectivity index (χ3n) is 2.31. The molecule has 0 radical (unpaired) electrons. The molecular formula is C11H8BrCl2N3O2S. The van der Waals surface area contributed by atoms with Crippen molar-refractivity contribution in [2.45, 2.75) is 4.90 Å². The number of nitrogens with two attached hydrogens (primary N) is 1. The first-order valence-corrected chi connectivity index (χ1v) is 8.22. The smallest absolute Gasteiger partial charge is 0.265 e. The molecular weight excluding hydrogens is 389 g/mol. The average Bonchev–Trinajstić information content (AvgIpc) is 2.36. The maximum atomic E-state index is 12.2. The van der Waals surface area contributed by atoms with Crippen molar-refractivity contribution in [3.8, 4) is 0 Å². The van der Waals surface area contributed by atoms with Crippen molar-refractivity contribution in [1.29, 1.82) is 0 Å². The number of nitrogens with zero attached hydrogens (tertiary/aromatic N) is 1. The van der Waals surface area contributed by atoms with E-state index in [1.165, 1.54) is 30.5 Å². The SMILES string of the molecule is Nc1ncc(Br)cc1S(=O)(=O)Nc1ccc(Cl)c(Cl)c1. The maximum absolute atomic E-state index is 12.2. The lowest BCUT2D eigenvalue weighted by atomic mass is 10.3. The van der Waals surface area contributed by atoms with E-state index in [1.807, 2.05) is 0 Å². The molecule has 0 fully saturated rings. The molecule has 106 valence electrons. The molecule has 9 heteroatoms. The predicted molar refractivity (Wildman–Crippen MR) is 83.6 cm³/mol. The Labute approximate surface area is 134 Å². The summed E-state index contributed by atoms with van der Waals surface area (Å²) in [5.41, 5.74) is 5.86. The predicted octanol–water partition coefficient (Wildman–Crippen LogP) is 3.53. The quantitative estimate of drug-likeness (QED) is 0.830. The Balaban J connectivity index is 2.40. The normalized spacial score (nSPS) is 11.3. The van der Waals surface area contributed by atoms with Crippen molar-refractivity contribution in [3.63, 3.8) is 0 Å². The van der Waals surface area contributed by atoms with Crippen LogP contribution in [-0.2, 0) is 10.0 Å². The fourth-order valence-corrected chi connectivity index (χ4v) is 3.35. The summed E-state index contributed by atoms with van der Waals surface area (Å²) >= 11 is 14.7. The van der Waals surface area contributed by atoms with Gasteiger partial charge in [0.05, 0.1) is 15.7 Å². The van der Waals surface area contributed by atoms with Gasteiger partial charge >= 0.3 is 0 Å². The number of anilines is 2. The number of rotatable bonds is 3. The van der Waals surface area contributed by atoms with E-state index in [0.717, 1.165) is 0 Å². The van der Waals surface area contributed by atoms with Gasteiger partial charge in [0, 0.05) is 10.7 Å². The minimum atomic E-state index is -3.87. The number of halogens is 3. The van der Waals surface area contributed by atoms with Crippen LogP contribution in [0, 0.1) is 0 Å². The lowest BCUT2D eigenvalue weighted by Crippen LogP contribution is -2.15. The molecule has 2 aromatic rings. The number of benzene rings is 1. The monoisotopic (exact) mass is 395 g/mol. The van der Waals surface area contributed by atoms with Gasteiger partial charge in [-0.25, -0.2) is 13.4 Å². The fraction of sp³-hybridized carbons (Fsp3) is 0. The average molecular weight is 397 g/mol. The molecule has 1 heterocycles. The molecule has 0 saturated heterocycles. The molecule has 1 aromatic heterocycles. The fourth-order valence-electron chi connectivity index (χ4n) is 1.42. The topological polar surface area (TPSA) is 85.1 Å². The molecule has 0 saturated carbocycles. The zero-order chi connectivity index (χ0) is 14.9. The molecule has 0 bridgehead atoms. The molecule has 20 heavy (non-hydrogen) atoms. The van der Waals surface area contributed by atoms with Crippen LogP contribution >= 0.6 is 39.1 Å². The van der Waals surface area contributed by atoms with Crippen LogP contribution in [0.4, 0.5) is 11.5 Å². The lowest BCUT2D eigenvalue weighted by Gasteiger charge is -2.10. The first kappa shape index (κ1) is 15.4. The number of pyridine rings is 1. The van der Waals surface area contributed by atoms with Crippen LogP contribution in [0.1, 0.15) is 0 Å². The van der Waals surface area contributed by atoms with Crippen molar-refractivity contribution in [3.05, 3.63) is 45.0 Å². The third kappa shape index (κ3) is 3.35. The highest BCUT2D eigenvalue weighted by Gasteiger charge is 2.19. The van der Waals surface area contributed by atoms with Gasteiger partial charge in [-0.2, -0.15) is 0 Å². The second-order valence-electron chi connectivity index (χ2n) is 3.77. The van der Waals surface area contributed by atoms with Crippen molar-refractivity contribution < 1.29 is 8.42 Å². The largest absolute Gasteiger partial charge is 0.383 e. The van der Waals surface area contributed by atoms with E-state index in [9.17, 15) is 8.42 Å².